The van der Waals surface area contributed by atoms with Gasteiger partial charge >= 0.3 is 0 Å². The number of carbonyl (C=O) groups is 1. The number of aromatic amines is 1. The highest BCUT2D eigenvalue weighted by atomic mass is 16.2. The second-order valence-corrected chi connectivity index (χ2v) is 8.35. The van der Waals surface area contributed by atoms with Crippen LogP contribution in [0.5, 0.6) is 0 Å². The predicted octanol–water partition coefficient (Wildman–Crippen LogP) is 2.31. The maximum atomic E-state index is 13.0. The summed E-state index contributed by atoms with van der Waals surface area (Å²) in [5.74, 6) is 0.245. The quantitative estimate of drug-likeness (QED) is 0.861. The molecule has 1 unspecified atom stereocenters. The molecule has 2 N–H and O–H groups in total. The molecule has 5 rings (SSSR count). The summed E-state index contributed by atoms with van der Waals surface area (Å²) in [4.78, 5) is 21.1. The Morgan fingerprint density at radius 2 is 2.04 bits per heavy atom. The monoisotopic (exact) mass is 377 g/mol. The standard InChI is InChI=1S/C22H27N5O/c23-14-15-4-5-19-18(12-15)17-6-7-24-20(22(17)25-19)13-21(28)27-10-8-26(9-11-27)16-2-1-3-16/h4-5,12,16,20,24-25H,1-3,6-11,13H2. The van der Waals surface area contributed by atoms with Crippen molar-refractivity contribution in [1.82, 2.24) is 20.1 Å². The first-order chi connectivity index (χ1) is 13.7. The van der Waals surface area contributed by atoms with Crippen molar-refractivity contribution in [3.63, 3.8) is 0 Å². The van der Waals surface area contributed by atoms with Crippen LogP contribution < -0.4 is 5.32 Å². The van der Waals surface area contributed by atoms with E-state index in [2.05, 4.69) is 21.3 Å². The summed E-state index contributed by atoms with van der Waals surface area (Å²) in [7, 11) is 0. The highest BCUT2D eigenvalue weighted by molar-refractivity contribution is 5.87. The number of carbonyl (C=O) groups excluding carboxylic acids is 1. The molecule has 1 atom stereocenters. The van der Waals surface area contributed by atoms with Gasteiger partial charge in [0.15, 0.2) is 0 Å². The van der Waals surface area contributed by atoms with Gasteiger partial charge in [-0.1, -0.05) is 6.42 Å². The van der Waals surface area contributed by atoms with Crippen molar-refractivity contribution in [2.75, 3.05) is 32.7 Å². The highest BCUT2D eigenvalue weighted by Gasteiger charge is 2.31. The van der Waals surface area contributed by atoms with E-state index in [0.29, 0.717) is 12.0 Å². The van der Waals surface area contributed by atoms with Crippen molar-refractivity contribution in [3.05, 3.63) is 35.0 Å². The zero-order valence-corrected chi connectivity index (χ0v) is 16.2. The zero-order chi connectivity index (χ0) is 19.1. The molecule has 1 saturated carbocycles. The Labute approximate surface area is 165 Å². The number of aromatic nitrogens is 1. The van der Waals surface area contributed by atoms with Crippen molar-refractivity contribution in [1.29, 1.82) is 5.26 Å². The zero-order valence-electron chi connectivity index (χ0n) is 16.2. The Morgan fingerprint density at radius 3 is 2.75 bits per heavy atom. The molecule has 0 radical (unpaired) electrons. The molecule has 1 saturated heterocycles. The third-order valence-electron chi connectivity index (χ3n) is 6.82. The van der Waals surface area contributed by atoms with E-state index in [9.17, 15) is 10.1 Å². The molecular formula is C22H27N5O. The first kappa shape index (κ1) is 17.7. The molecule has 1 aromatic carbocycles. The van der Waals surface area contributed by atoms with E-state index in [1.807, 2.05) is 23.1 Å². The number of H-pyrrole nitrogens is 1. The third kappa shape index (κ3) is 3.09. The van der Waals surface area contributed by atoms with Crippen molar-refractivity contribution in [2.45, 2.75) is 44.2 Å². The Hall–Kier alpha value is -2.36. The fourth-order valence-electron chi connectivity index (χ4n) is 4.94. The van der Waals surface area contributed by atoms with Gasteiger partial charge in [0.25, 0.3) is 0 Å². The number of amides is 1. The Kier molecular flexibility index (Phi) is 4.58. The number of piperazine rings is 1. The minimum atomic E-state index is 0.0267. The maximum Gasteiger partial charge on any atom is 0.224 e. The average molecular weight is 377 g/mol. The lowest BCUT2D eigenvalue weighted by molar-refractivity contribution is -0.134. The van der Waals surface area contributed by atoms with Crippen LogP contribution in [0.15, 0.2) is 18.2 Å². The number of rotatable bonds is 3. The Morgan fingerprint density at radius 1 is 1.21 bits per heavy atom. The molecular weight excluding hydrogens is 350 g/mol. The van der Waals surface area contributed by atoms with E-state index < -0.39 is 0 Å². The molecule has 2 fully saturated rings. The van der Waals surface area contributed by atoms with Crippen LogP contribution in [0.1, 0.15) is 48.5 Å². The Balaban J connectivity index is 1.29. The fourth-order valence-corrected chi connectivity index (χ4v) is 4.94. The number of nitrogens with zero attached hydrogens (tertiary/aromatic N) is 3. The summed E-state index contributed by atoms with van der Waals surface area (Å²) in [6.07, 6.45) is 5.44. The lowest BCUT2D eigenvalue weighted by atomic mass is 9.91. The van der Waals surface area contributed by atoms with E-state index in [0.717, 1.165) is 61.8 Å². The van der Waals surface area contributed by atoms with Crippen LogP contribution in [-0.4, -0.2) is 59.5 Å². The van der Waals surface area contributed by atoms with E-state index in [4.69, 9.17) is 0 Å². The van der Waals surface area contributed by atoms with Gasteiger partial charge in [0, 0.05) is 55.2 Å². The van der Waals surface area contributed by atoms with Gasteiger partial charge in [-0.3, -0.25) is 9.69 Å². The van der Waals surface area contributed by atoms with Crippen LogP contribution in [0.4, 0.5) is 0 Å². The second-order valence-electron chi connectivity index (χ2n) is 8.35. The maximum absolute atomic E-state index is 13.0. The average Bonchev–Trinajstić information content (AvgIpc) is 3.06. The molecule has 2 aliphatic heterocycles. The summed E-state index contributed by atoms with van der Waals surface area (Å²) in [6, 6.07) is 8.81. The van der Waals surface area contributed by atoms with Gasteiger partial charge in [-0.05, 0) is 49.6 Å². The topological polar surface area (TPSA) is 75.2 Å². The van der Waals surface area contributed by atoms with Crippen LogP contribution in [0.25, 0.3) is 10.9 Å². The molecule has 0 bridgehead atoms. The normalized spacial score (nSPS) is 23.2. The summed E-state index contributed by atoms with van der Waals surface area (Å²) < 4.78 is 0. The summed E-state index contributed by atoms with van der Waals surface area (Å²) >= 11 is 0. The third-order valence-corrected chi connectivity index (χ3v) is 6.82. The molecule has 3 aliphatic rings. The minimum Gasteiger partial charge on any atom is -0.357 e. The molecule has 1 aromatic heterocycles. The number of fused-ring (bicyclic) bond motifs is 3. The van der Waals surface area contributed by atoms with E-state index in [1.165, 1.54) is 24.8 Å². The van der Waals surface area contributed by atoms with Crippen LogP contribution in [0.2, 0.25) is 0 Å². The van der Waals surface area contributed by atoms with Gasteiger partial charge in [0.1, 0.15) is 0 Å². The summed E-state index contributed by atoms with van der Waals surface area (Å²) in [5.41, 5.74) is 4.13. The largest absolute Gasteiger partial charge is 0.357 e. The number of hydrogen-bond acceptors (Lipinski definition) is 4. The smallest absolute Gasteiger partial charge is 0.224 e. The van der Waals surface area contributed by atoms with Crippen molar-refractivity contribution >= 4 is 16.8 Å². The first-order valence-electron chi connectivity index (χ1n) is 10.5. The summed E-state index contributed by atoms with van der Waals surface area (Å²) in [5, 5.41) is 13.9. The van der Waals surface area contributed by atoms with Crippen LogP contribution in [-0.2, 0) is 11.2 Å². The molecule has 3 heterocycles. The van der Waals surface area contributed by atoms with Gasteiger partial charge in [-0.2, -0.15) is 5.26 Å². The molecule has 2 aromatic rings. The van der Waals surface area contributed by atoms with E-state index in [-0.39, 0.29) is 11.9 Å². The van der Waals surface area contributed by atoms with E-state index in [1.54, 1.807) is 0 Å². The van der Waals surface area contributed by atoms with Gasteiger partial charge in [0.05, 0.1) is 17.7 Å². The molecule has 28 heavy (non-hydrogen) atoms. The SMILES string of the molecule is N#Cc1ccc2[nH]c3c(c2c1)CCNC3CC(=O)N1CCN(C2CCC2)CC1. The lowest BCUT2D eigenvalue weighted by Gasteiger charge is -2.43. The molecule has 146 valence electrons. The lowest BCUT2D eigenvalue weighted by Crippen LogP contribution is -2.53. The second kappa shape index (κ2) is 7.23. The summed E-state index contributed by atoms with van der Waals surface area (Å²) in [6.45, 7) is 4.61. The van der Waals surface area contributed by atoms with Crippen molar-refractivity contribution < 1.29 is 4.79 Å². The number of nitrogens with one attached hydrogen (secondary N) is 2. The van der Waals surface area contributed by atoms with Gasteiger partial charge < -0.3 is 15.2 Å². The first-order valence-corrected chi connectivity index (χ1v) is 10.5. The molecule has 6 heteroatoms. The van der Waals surface area contributed by atoms with Crippen LogP contribution in [0, 0.1) is 11.3 Å². The minimum absolute atomic E-state index is 0.0267. The highest BCUT2D eigenvalue weighted by Crippen LogP contribution is 2.32. The number of hydrogen-bond donors (Lipinski definition) is 2. The van der Waals surface area contributed by atoms with E-state index >= 15 is 0 Å². The fraction of sp³-hybridized carbons (Fsp3) is 0.545. The molecule has 6 nitrogen and oxygen atoms in total. The van der Waals surface area contributed by atoms with Crippen LogP contribution >= 0.6 is 0 Å². The van der Waals surface area contributed by atoms with Gasteiger partial charge in [0.2, 0.25) is 5.91 Å². The number of nitriles is 1. The van der Waals surface area contributed by atoms with Gasteiger partial charge in [-0.15, -0.1) is 0 Å². The molecule has 1 amide bonds. The number of benzene rings is 1. The molecule has 1 aliphatic carbocycles. The Bertz CT molecular complexity index is 930. The van der Waals surface area contributed by atoms with Crippen molar-refractivity contribution in [2.24, 2.45) is 0 Å². The van der Waals surface area contributed by atoms with Crippen LogP contribution in [0.3, 0.4) is 0 Å². The van der Waals surface area contributed by atoms with Gasteiger partial charge in [-0.25, -0.2) is 0 Å². The molecule has 0 spiro atoms. The predicted molar refractivity (Wildman–Crippen MR) is 108 cm³/mol. The van der Waals surface area contributed by atoms with Crippen molar-refractivity contribution in [3.8, 4) is 6.07 Å².